The predicted octanol–water partition coefficient (Wildman–Crippen LogP) is 1.58. The Kier molecular flexibility index (Phi) is 3.34. The highest BCUT2D eigenvalue weighted by Crippen LogP contribution is 2.17. The minimum absolute atomic E-state index is 0.181. The molecule has 0 radical (unpaired) electrons. The summed E-state index contributed by atoms with van der Waals surface area (Å²) in [5.74, 6) is 0.502. The second-order valence-corrected chi connectivity index (χ2v) is 5.18. The molecule has 0 saturated carbocycles. The molecule has 1 N–H and O–H groups in total. The van der Waals surface area contributed by atoms with Crippen LogP contribution in [0.2, 0.25) is 0 Å². The highest BCUT2D eigenvalue weighted by molar-refractivity contribution is 7.80. The van der Waals surface area contributed by atoms with Crippen molar-refractivity contribution in [3.8, 4) is 0 Å². The molecule has 0 aromatic carbocycles. The Bertz CT molecular complexity index is 711. The first-order valence-electron chi connectivity index (χ1n) is 6.42. The molecule has 0 spiro atoms. The lowest BCUT2D eigenvalue weighted by molar-refractivity contribution is -0.122. The van der Waals surface area contributed by atoms with Crippen LogP contribution in [0.25, 0.3) is 6.08 Å². The van der Waals surface area contributed by atoms with Gasteiger partial charge >= 0.3 is 0 Å². The largest absolute Gasteiger partial charge is 0.467 e. The Morgan fingerprint density at radius 2 is 2.33 bits per heavy atom. The fourth-order valence-electron chi connectivity index (χ4n) is 2.08. The fourth-order valence-corrected chi connectivity index (χ4v) is 2.34. The van der Waals surface area contributed by atoms with Crippen molar-refractivity contribution in [1.82, 2.24) is 20.0 Å². The zero-order valence-electron chi connectivity index (χ0n) is 11.7. The number of hydrogen-bond donors (Lipinski definition) is 1. The van der Waals surface area contributed by atoms with Gasteiger partial charge in [0.05, 0.1) is 18.5 Å². The smallest absolute Gasteiger partial charge is 0.277 e. The highest BCUT2D eigenvalue weighted by Gasteiger charge is 2.31. The number of aryl methyl sites for hydroxylation is 2. The molecular formula is C14H14N4O2S. The maximum Gasteiger partial charge on any atom is 0.277 e. The minimum atomic E-state index is -0.181. The van der Waals surface area contributed by atoms with Crippen LogP contribution >= 0.6 is 12.2 Å². The molecule has 3 rings (SSSR count). The van der Waals surface area contributed by atoms with Gasteiger partial charge in [0.1, 0.15) is 11.5 Å². The third-order valence-corrected chi connectivity index (χ3v) is 3.60. The van der Waals surface area contributed by atoms with E-state index in [0.29, 0.717) is 28.8 Å². The second kappa shape index (κ2) is 5.17. The lowest BCUT2D eigenvalue weighted by Crippen LogP contribution is -2.29. The van der Waals surface area contributed by atoms with E-state index in [0.717, 1.165) is 5.69 Å². The number of furan rings is 1. The minimum Gasteiger partial charge on any atom is -0.467 e. The average Bonchev–Trinajstić information content (AvgIpc) is 3.10. The zero-order chi connectivity index (χ0) is 15.0. The third-order valence-electron chi connectivity index (χ3n) is 3.28. The van der Waals surface area contributed by atoms with Gasteiger partial charge in [0, 0.05) is 12.7 Å². The molecule has 1 fully saturated rings. The Balaban J connectivity index is 1.82. The summed E-state index contributed by atoms with van der Waals surface area (Å²) in [4.78, 5) is 13.8. The Labute approximate surface area is 127 Å². The summed E-state index contributed by atoms with van der Waals surface area (Å²) in [7, 11) is 1.86. The van der Waals surface area contributed by atoms with Crippen LogP contribution in [-0.2, 0) is 18.4 Å². The number of carbonyl (C=O) groups is 1. The number of thiocarbonyl (C=S) groups is 1. The first kappa shape index (κ1) is 13.6. The van der Waals surface area contributed by atoms with Crippen molar-refractivity contribution in [1.29, 1.82) is 0 Å². The average molecular weight is 302 g/mol. The molecule has 2 aromatic heterocycles. The van der Waals surface area contributed by atoms with Crippen molar-refractivity contribution >= 4 is 29.3 Å². The van der Waals surface area contributed by atoms with Crippen LogP contribution in [0, 0.1) is 6.92 Å². The number of nitrogens with one attached hydrogen (secondary N) is 1. The molecular weight excluding hydrogens is 288 g/mol. The van der Waals surface area contributed by atoms with Crippen molar-refractivity contribution < 1.29 is 9.21 Å². The van der Waals surface area contributed by atoms with Gasteiger partial charge in [-0.05, 0) is 43.4 Å². The van der Waals surface area contributed by atoms with Gasteiger partial charge in [0.15, 0.2) is 5.11 Å². The van der Waals surface area contributed by atoms with E-state index >= 15 is 0 Å². The molecule has 1 aliphatic rings. The molecule has 0 unspecified atom stereocenters. The first-order chi connectivity index (χ1) is 10.0. The Morgan fingerprint density at radius 1 is 1.52 bits per heavy atom. The van der Waals surface area contributed by atoms with E-state index in [1.165, 1.54) is 4.90 Å². The molecule has 108 valence electrons. The van der Waals surface area contributed by atoms with E-state index in [2.05, 4.69) is 10.4 Å². The summed E-state index contributed by atoms with van der Waals surface area (Å²) in [6.07, 6.45) is 3.27. The van der Waals surface area contributed by atoms with Crippen LogP contribution in [0.15, 0.2) is 34.6 Å². The van der Waals surface area contributed by atoms with Crippen molar-refractivity contribution in [2.24, 2.45) is 7.05 Å². The zero-order valence-corrected chi connectivity index (χ0v) is 12.5. The molecule has 21 heavy (non-hydrogen) atoms. The molecule has 7 heteroatoms. The second-order valence-electron chi connectivity index (χ2n) is 4.79. The quantitative estimate of drug-likeness (QED) is 0.689. The monoisotopic (exact) mass is 302 g/mol. The predicted molar refractivity (Wildman–Crippen MR) is 80.9 cm³/mol. The van der Waals surface area contributed by atoms with Gasteiger partial charge in [-0.1, -0.05) is 0 Å². The first-order valence-corrected chi connectivity index (χ1v) is 6.83. The Hall–Kier alpha value is -2.41. The van der Waals surface area contributed by atoms with Crippen molar-refractivity contribution in [2.45, 2.75) is 13.5 Å². The molecule has 1 amide bonds. The van der Waals surface area contributed by atoms with Crippen LogP contribution in [-0.4, -0.2) is 25.7 Å². The SMILES string of the molecule is Cc1cc(/C=C2/NC(=S)N(Cc3ccco3)C2=O)nn1C. The number of amides is 1. The fraction of sp³-hybridized carbons (Fsp3) is 0.214. The van der Waals surface area contributed by atoms with Gasteiger partial charge in [-0.3, -0.25) is 14.4 Å². The molecule has 6 nitrogen and oxygen atoms in total. The molecule has 1 aliphatic heterocycles. The number of hydrogen-bond acceptors (Lipinski definition) is 4. The van der Waals surface area contributed by atoms with Crippen LogP contribution in [0.5, 0.6) is 0 Å². The Morgan fingerprint density at radius 3 is 2.95 bits per heavy atom. The summed E-state index contributed by atoms with van der Waals surface area (Å²) in [6.45, 7) is 2.27. The van der Waals surface area contributed by atoms with E-state index in [1.54, 1.807) is 29.2 Å². The summed E-state index contributed by atoms with van der Waals surface area (Å²) >= 11 is 5.20. The molecule has 0 atom stereocenters. The van der Waals surface area contributed by atoms with E-state index in [4.69, 9.17) is 16.6 Å². The lowest BCUT2D eigenvalue weighted by Gasteiger charge is -2.11. The van der Waals surface area contributed by atoms with Crippen LogP contribution in [0.3, 0.4) is 0 Å². The number of nitrogens with zero attached hydrogens (tertiary/aromatic N) is 3. The van der Waals surface area contributed by atoms with E-state index in [-0.39, 0.29) is 5.91 Å². The number of aromatic nitrogens is 2. The summed E-state index contributed by atoms with van der Waals surface area (Å²) in [6, 6.07) is 5.49. The van der Waals surface area contributed by atoms with Gasteiger partial charge in [-0.25, -0.2) is 0 Å². The van der Waals surface area contributed by atoms with Gasteiger partial charge in [-0.15, -0.1) is 0 Å². The van der Waals surface area contributed by atoms with Gasteiger partial charge in [0.25, 0.3) is 5.91 Å². The van der Waals surface area contributed by atoms with Gasteiger partial charge in [0.2, 0.25) is 0 Å². The van der Waals surface area contributed by atoms with E-state index in [9.17, 15) is 4.79 Å². The molecule has 0 bridgehead atoms. The van der Waals surface area contributed by atoms with Crippen LogP contribution < -0.4 is 5.32 Å². The molecule has 2 aromatic rings. The maximum atomic E-state index is 12.4. The summed E-state index contributed by atoms with van der Waals surface area (Å²) < 4.78 is 7.00. The number of carbonyl (C=O) groups excluding carboxylic acids is 1. The van der Waals surface area contributed by atoms with E-state index in [1.807, 2.05) is 20.0 Å². The lowest BCUT2D eigenvalue weighted by atomic mass is 10.3. The van der Waals surface area contributed by atoms with Gasteiger partial charge < -0.3 is 9.73 Å². The van der Waals surface area contributed by atoms with Gasteiger partial charge in [-0.2, -0.15) is 5.10 Å². The van der Waals surface area contributed by atoms with Crippen LogP contribution in [0.1, 0.15) is 17.1 Å². The third kappa shape index (κ3) is 2.59. The topological polar surface area (TPSA) is 63.3 Å². The maximum absolute atomic E-state index is 12.4. The molecule has 3 heterocycles. The normalized spacial score (nSPS) is 16.9. The highest BCUT2D eigenvalue weighted by atomic mass is 32.1. The number of rotatable bonds is 3. The molecule has 0 aliphatic carbocycles. The molecule has 1 saturated heterocycles. The van der Waals surface area contributed by atoms with Crippen molar-refractivity contribution in [3.05, 3.63) is 47.3 Å². The summed E-state index contributed by atoms with van der Waals surface area (Å²) in [5, 5.41) is 7.59. The van der Waals surface area contributed by atoms with E-state index < -0.39 is 0 Å². The van der Waals surface area contributed by atoms with Crippen LogP contribution in [0.4, 0.5) is 0 Å². The standard InChI is InChI=1S/C14H14N4O2S/c1-9-6-10(16-17(9)2)7-12-13(19)18(14(21)15-12)8-11-4-3-5-20-11/h3-7H,8H2,1-2H3,(H,15,21)/b12-7+. The van der Waals surface area contributed by atoms with Crippen molar-refractivity contribution in [2.75, 3.05) is 0 Å². The van der Waals surface area contributed by atoms with Crippen molar-refractivity contribution in [3.63, 3.8) is 0 Å². The summed E-state index contributed by atoms with van der Waals surface area (Å²) in [5.41, 5.74) is 2.15.